The summed E-state index contributed by atoms with van der Waals surface area (Å²) in [5.41, 5.74) is 2.04. The Hall–Kier alpha value is -2.92. The van der Waals surface area contributed by atoms with Gasteiger partial charge in [-0.05, 0) is 50.7 Å². The van der Waals surface area contributed by atoms with Crippen LogP contribution in [0.1, 0.15) is 50.6 Å². The van der Waals surface area contributed by atoms with Crippen LogP contribution in [0, 0.1) is 12.3 Å². The molecule has 0 amide bonds. The third-order valence-corrected chi connectivity index (χ3v) is 8.12. The van der Waals surface area contributed by atoms with Gasteiger partial charge in [0.2, 0.25) is 0 Å². The Morgan fingerprint density at radius 2 is 1.67 bits per heavy atom. The molecule has 10 heteroatoms. The summed E-state index contributed by atoms with van der Waals surface area (Å²) < 4.78 is 25.9. The van der Waals surface area contributed by atoms with Crippen LogP contribution >= 0.6 is 7.60 Å². The highest BCUT2D eigenvalue weighted by Crippen LogP contribution is 2.48. The summed E-state index contributed by atoms with van der Waals surface area (Å²) in [7, 11) is -3.16. The van der Waals surface area contributed by atoms with Gasteiger partial charge in [0.05, 0.1) is 25.9 Å². The molecule has 3 rings (SSSR count). The van der Waals surface area contributed by atoms with Crippen LogP contribution in [0.4, 0.5) is 0 Å². The number of rotatable bonds is 14. The van der Waals surface area contributed by atoms with E-state index in [9.17, 15) is 14.2 Å². The van der Waals surface area contributed by atoms with Crippen LogP contribution in [0.3, 0.4) is 0 Å². The number of H-pyrrole nitrogens is 1. The molecule has 0 radical (unpaired) electrons. The molecule has 0 bridgehead atoms. The molecule has 0 aliphatic heterocycles. The monoisotopic (exact) mass is 514 g/mol. The zero-order valence-corrected chi connectivity index (χ0v) is 22.2. The second kappa shape index (κ2) is 12.9. The molecule has 0 aliphatic carbocycles. The van der Waals surface area contributed by atoms with Crippen LogP contribution in [0.5, 0.6) is 0 Å². The van der Waals surface area contributed by atoms with E-state index < -0.39 is 18.8 Å². The van der Waals surface area contributed by atoms with E-state index in [0.717, 1.165) is 17.4 Å². The number of aromatic nitrogens is 4. The number of hydrogen-bond donors (Lipinski definition) is 1. The molecule has 2 heterocycles. The van der Waals surface area contributed by atoms with Crippen molar-refractivity contribution >= 4 is 18.8 Å². The lowest BCUT2D eigenvalue weighted by atomic mass is 10.1. The van der Waals surface area contributed by atoms with E-state index in [1.165, 1.54) is 15.7 Å². The molecule has 0 atom stereocenters. The minimum Gasteiger partial charge on any atom is -0.336 e. The fraction of sp³-hybridized carbons (Fsp3) is 0.500. The summed E-state index contributed by atoms with van der Waals surface area (Å²) in [5, 5.41) is 0. The van der Waals surface area contributed by atoms with Crippen LogP contribution in [-0.4, -0.2) is 38.5 Å². The van der Waals surface area contributed by atoms with Crippen LogP contribution in [0.2, 0.25) is 0 Å². The van der Waals surface area contributed by atoms with Gasteiger partial charge in [-0.15, -0.1) is 6.42 Å². The normalized spacial score (nSPS) is 11.7. The van der Waals surface area contributed by atoms with Crippen molar-refractivity contribution in [2.24, 2.45) is 0 Å². The van der Waals surface area contributed by atoms with Gasteiger partial charge in [0.25, 0.3) is 5.56 Å². The lowest BCUT2D eigenvalue weighted by molar-refractivity contribution is 0.219. The van der Waals surface area contributed by atoms with E-state index in [0.29, 0.717) is 50.5 Å². The van der Waals surface area contributed by atoms with Gasteiger partial charge in [0.15, 0.2) is 5.65 Å². The maximum absolute atomic E-state index is 13.1. The second-order valence-electron chi connectivity index (χ2n) is 8.46. The predicted molar refractivity (Wildman–Crippen MR) is 142 cm³/mol. The van der Waals surface area contributed by atoms with Gasteiger partial charge in [0, 0.05) is 13.0 Å². The Morgan fingerprint density at radius 3 is 2.28 bits per heavy atom. The van der Waals surface area contributed by atoms with Gasteiger partial charge < -0.3 is 14.0 Å². The summed E-state index contributed by atoms with van der Waals surface area (Å²) in [6, 6.07) is 8.42. The fourth-order valence-electron chi connectivity index (χ4n) is 4.10. The number of terminal acetylenes is 1. The Bertz CT molecular complexity index is 1350. The van der Waals surface area contributed by atoms with Crippen LogP contribution in [0.15, 0.2) is 33.9 Å². The van der Waals surface area contributed by atoms with Crippen molar-refractivity contribution in [3.8, 4) is 12.3 Å². The van der Waals surface area contributed by atoms with Gasteiger partial charge in [-0.25, -0.2) is 14.3 Å². The molecular weight excluding hydrogens is 479 g/mol. The minimum atomic E-state index is -3.16. The van der Waals surface area contributed by atoms with Gasteiger partial charge in [-0.2, -0.15) is 0 Å². The van der Waals surface area contributed by atoms with E-state index in [-0.39, 0.29) is 18.2 Å². The van der Waals surface area contributed by atoms with Gasteiger partial charge in [-0.1, -0.05) is 37.1 Å². The van der Waals surface area contributed by atoms with E-state index in [1.807, 2.05) is 0 Å². The topological polar surface area (TPSA) is 108 Å². The lowest BCUT2D eigenvalue weighted by Gasteiger charge is -2.17. The quantitative estimate of drug-likeness (QED) is 0.199. The van der Waals surface area contributed by atoms with E-state index in [2.05, 4.69) is 47.1 Å². The summed E-state index contributed by atoms with van der Waals surface area (Å²) in [6.07, 6.45) is 9.03. The van der Waals surface area contributed by atoms with E-state index >= 15 is 0 Å². The number of fused-ring (bicyclic) bond motifs is 1. The molecule has 36 heavy (non-hydrogen) atoms. The molecular formula is C26H35N4O5P. The van der Waals surface area contributed by atoms with Crippen molar-refractivity contribution in [3.63, 3.8) is 0 Å². The first-order valence-electron chi connectivity index (χ1n) is 12.5. The SMILES string of the molecule is C#CCn1c(=O)c2[nH]c(CCc3ccc(CC)cc3)nc2n(CCCCP(=O)(OCC)OCC)c1=O. The molecule has 2 aromatic heterocycles. The van der Waals surface area contributed by atoms with Crippen molar-refractivity contribution in [1.82, 2.24) is 19.1 Å². The number of aryl methyl sites for hydroxylation is 4. The maximum atomic E-state index is 13.1. The fourth-order valence-corrected chi connectivity index (χ4v) is 5.84. The van der Waals surface area contributed by atoms with Crippen molar-refractivity contribution in [2.75, 3.05) is 19.4 Å². The Balaban J connectivity index is 1.83. The highest BCUT2D eigenvalue weighted by atomic mass is 31.2. The molecule has 0 saturated carbocycles. The third kappa shape index (κ3) is 6.64. The maximum Gasteiger partial charge on any atom is 0.333 e. The van der Waals surface area contributed by atoms with Crippen LogP contribution < -0.4 is 11.2 Å². The molecule has 0 fully saturated rings. The van der Waals surface area contributed by atoms with Gasteiger partial charge >= 0.3 is 13.3 Å². The number of hydrogen-bond acceptors (Lipinski definition) is 6. The lowest BCUT2D eigenvalue weighted by Crippen LogP contribution is -2.40. The zero-order valence-electron chi connectivity index (χ0n) is 21.3. The minimum absolute atomic E-state index is 0.129. The molecule has 0 unspecified atom stereocenters. The standard InChI is InChI=1S/C26H35N4O5P/c1-5-17-30-25(31)23-24(28-22(27-23)16-15-21-13-11-20(6-2)12-14-21)29(26(30)32)18-9-10-19-36(33,34-7-3)35-8-4/h1,11-14H,6-10,15-19H2,2-4H3,(H,27,28). The molecule has 9 nitrogen and oxygen atoms in total. The first-order chi connectivity index (χ1) is 17.4. The van der Waals surface area contributed by atoms with E-state index in [1.54, 1.807) is 13.8 Å². The first kappa shape index (κ1) is 27.7. The molecule has 0 aliphatic rings. The zero-order chi connectivity index (χ0) is 26.1. The summed E-state index contributed by atoms with van der Waals surface area (Å²) in [4.78, 5) is 33.8. The predicted octanol–water partition coefficient (Wildman–Crippen LogP) is 3.91. The third-order valence-electron chi connectivity index (χ3n) is 5.96. The highest BCUT2D eigenvalue weighted by molar-refractivity contribution is 7.53. The average molecular weight is 515 g/mol. The highest BCUT2D eigenvalue weighted by Gasteiger charge is 2.23. The largest absolute Gasteiger partial charge is 0.336 e. The molecule has 1 N–H and O–H groups in total. The molecule has 0 saturated heterocycles. The van der Waals surface area contributed by atoms with Gasteiger partial charge in [-0.3, -0.25) is 13.9 Å². The number of aromatic amines is 1. The Morgan fingerprint density at radius 1 is 1.00 bits per heavy atom. The molecule has 3 aromatic rings. The Labute approximate surface area is 211 Å². The Kier molecular flexibility index (Phi) is 9.89. The summed E-state index contributed by atoms with van der Waals surface area (Å²) in [6.45, 7) is 6.42. The van der Waals surface area contributed by atoms with Crippen LogP contribution in [0.25, 0.3) is 11.2 Å². The van der Waals surface area contributed by atoms with Crippen molar-refractivity contribution in [1.29, 1.82) is 0 Å². The number of imidazole rings is 1. The van der Waals surface area contributed by atoms with Crippen molar-refractivity contribution in [3.05, 3.63) is 62.1 Å². The summed E-state index contributed by atoms with van der Waals surface area (Å²) >= 11 is 0. The van der Waals surface area contributed by atoms with E-state index in [4.69, 9.17) is 15.5 Å². The number of unbranched alkanes of at least 4 members (excludes halogenated alkanes) is 1. The molecule has 1 aromatic carbocycles. The number of nitrogens with zero attached hydrogens (tertiary/aromatic N) is 3. The van der Waals surface area contributed by atoms with Crippen LogP contribution in [-0.2, 0) is 46.0 Å². The second-order valence-corrected chi connectivity index (χ2v) is 10.6. The first-order valence-corrected chi connectivity index (χ1v) is 14.2. The van der Waals surface area contributed by atoms with Gasteiger partial charge in [0.1, 0.15) is 11.3 Å². The number of benzene rings is 1. The average Bonchev–Trinajstić information content (AvgIpc) is 3.30. The summed E-state index contributed by atoms with van der Waals surface area (Å²) in [5.74, 6) is 3.01. The number of nitrogens with one attached hydrogen (secondary N) is 1. The van der Waals surface area contributed by atoms with Crippen molar-refractivity contribution in [2.45, 2.75) is 66.0 Å². The van der Waals surface area contributed by atoms with Crippen molar-refractivity contribution < 1.29 is 13.6 Å². The smallest absolute Gasteiger partial charge is 0.333 e. The molecule has 194 valence electrons. The molecule has 0 spiro atoms.